The van der Waals surface area contributed by atoms with E-state index in [4.69, 9.17) is 24.7 Å². The number of carbonyl (C=O) groups excluding carboxylic acids is 1. The number of para-hydroxylation sites is 1. The molecule has 1 aromatic carbocycles. The van der Waals surface area contributed by atoms with Gasteiger partial charge >= 0.3 is 6.09 Å². The molecule has 4 heterocycles. The van der Waals surface area contributed by atoms with Crippen molar-refractivity contribution < 1.29 is 23.7 Å². The van der Waals surface area contributed by atoms with Crippen molar-refractivity contribution in [3.05, 3.63) is 30.3 Å². The van der Waals surface area contributed by atoms with Crippen LogP contribution in [-0.2, 0) is 14.2 Å². The van der Waals surface area contributed by atoms with Crippen molar-refractivity contribution >= 4 is 17.6 Å². The van der Waals surface area contributed by atoms with E-state index in [2.05, 4.69) is 20.0 Å². The summed E-state index contributed by atoms with van der Waals surface area (Å²) >= 11 is 0. The molecule has 1 aromatic heterocycles. The van der Waals surface area contributed by atoms with Gasteiger partial charge in [0.15, 0.2) is 12.6 Å². The smallest absolute Gasteiger partial charge is 0.410 e. The van der Waals surface area contributed by atoms with Crippen LogP contribution in [0.1, 0.15) is 33.6 Å². The van der Waals surface area contributed by atoms with Gasteiger partial charge in [-0.3, -0.25) is 4.90 Å². The van der Waals surface area contributed by atoms with E-state index in [0.717, 1.165) is 43.7 Å². The molecule has 2 bridgehead atoms. The van der Waals surface area contributed by atoms with E-state index in [9.17, 15) is 4.79 Å². The summed E-state index contributed by atoms with van der Waals surface area (Å²) in [6, 6.07) is 10.5. The lowest BCUT2D eigenvalue weighted by Crippen LogP contribution is -2.58. The van der Waals surface area contributed by atoms with Gasteiger partial charge in [-0.2, -0.15) is 0 Å². The zero-order chi connectivity index (χ0) is 27.6. The molecule has 1 amide bonds. The van der Waals surface area contributed by atoms with Crippen molar-refractivity contribution in [2.24, 2.45) is 0 Å². The van der Waals surface area contributed by atoms with Crippen LogP contribution in [0.2, 0.25) is 0 Å². The average Bonchev–Trinajstić information content (AvgIpc) is 3.13. The third kappa shape index (κ3) is 6.37. The zero-order valence-corrected chi connectivity index (χ0v) is 23.3. The van der Waals surface area contributed by atoms with Crippen molar-refractivity contribution in [2.45, 2.75) is 57.4 Å². The maximum Gasteiger partial charge on any atom is 0.410 e. The summed E-state index contributed by atoms with van der Waals surface area (Å²) in [5.74, 6) is 1.10. The Morgan fingerprint density at radius 3 is 2.59 bits per heavy atom. The predicted octanol–water partition coefficient (Wildman–Crippen LogP) is 3.00. The summed E-state index contributed by atoms with van der Waals surface area (Å²) < 4.78 is 22.5. The van der Waals surface area contributed by atoms with Gasteiger partial charge in [0.25, 0.3) is 0 Å². The monoisotopic (exact) mass is 540 g/mol. The van der Waals surface area contributed by atoms with Crippen LogP contribution in [0.15, 0.2) is 30.3 Å². The number of morpholine rings is 1. The van der Waals surface area contributed by atoms with Gasteiger partial charge in [-0.25, -0.2) is 4.79 Å². The van der Waals surface area contributed by atoms with Gasteiger partial charge in [0, 0.05) is 50.9 Å². The van der Waals surface area contributed by atoms with E-state index in [-0.39, 0.29) is 19.0 Å². The van der Waals surface area contributed by atoms with Crippen LogP contribution < -0.4 is 15.4 Å². The fraction of sp³-hybridized carbons (Fsp3) is 0.607. The number of hydrogen-bond acceptors (Lipinski definition) is 10. The van der Waals surface area contributed by atoms with Crippen molar-refractivity contribution in [1.82, 2.24) is 20.0 Å². The minimum Gasteiger partial charge on any atom is -0.467 e. The maximum absolute atomic E-state index is 12.6. The number of aromatic nitrogens is 2. The first kappa shape index (κ1) is 27.4. The average molecular weight is 541 g/mol. The molecule has 2 aromatic rings. The predicted molar refractivity (Wildman–Crippen MR) is 148 cm³/mol. The summed E-state index contributed by atoms with van der Waals surface area (Å²) in [5.41, 5.74) is 8.28. The van der Waals surface area contributed by atoms with E-state index >= 15 is 0 Å². The van der Waals surface area contributed by atoms with E-state index in [1.807, 2.05) is 51.1 Å². The largest absolute Gasteiger partial charge is 0.467 e. The van der Waals surface area contributed by atoms with Crippen molar-refractivity contribution in [2.75, 3.05) is 63.9 Å². The molecule has 2 unspecified atom stereocenters. The zero-order valence-electron chi connectivity index (χ0n) is 23.3. The third-order valence-electron chi connectivity index (χ3n) is 7.48. The lowest BCUT2D eigenvalue weighted by Gasteiger charge is -2.44. The second-order valence-electron chi connectivity index (χ2n) is 11.5. The van der Waals surface area contributed by atoms with Crippen molar-refractivity contribution in [3.8, 4) is 17.0 Å². The van der Waals surface area contributed by atoms with Crippen LogP contribution in [0, 0.1) is 0 Å². The molecule has 5 rings (SSSR count). The second-order valence-corrected chi connectivity index (χ2v) is 11.5. The number of benzene rings is 1. The molecule has 3 saturated heterocycles. The molecule has 0 saturated carbocycles. The third-order valence-corrected chi connectivity index (χ3v) is 7.48. The first-order valence-corrected chi connectivity index (χ1v) is 13.7. The van der Waals surface area contributed by atoms with E-state index < -0.39 is 5.60 Å². The van der Waals surface area contributed by atoms with Gasteiger partial charge in [-0.1, -0.05) is 12.1 Å². The van der Waals surface area contributed by atoms with Crippen LogP contribution in [0.25, 0.3) is 11.3 Å². The molecule has 0 aliphatic carbocycles. The number of nitrogens with zero attached hydrogens (tertiary/aromatic N) is 5. The number of hydrogen-bond donors (Lipinski definition) is 1. The quantitative estimate of drug-likeness (QED) is 0.526. The number of carbonyl (C=O) groups is 1. The Hall–Kier alpha value is -3.15. The van der Waals surface area contributed by atoms with Crippen LogP contribution in [-0.4, -0.2) is 103 Å². The van der Waals surface area contributed by atoms with Crippen molar-refractivity contribution in [3.63, 3.8) is 0 Å². The molecular weight excluding hydrogens is 500 g/mol. The molecular formula is C28H40N6O5. The topological polar surface area (TPSA) is 116 Å². The van der Waals surface area contributed by atoms with Gasteiger partial charge < -0.3 is 34.5 Å². The molecule has 11 heteroatoms. The van der Waals surface area contributed by atoms with Gasteiger partial charge in [0.1, 0.15) is 11.4 Å². The van der Waals surface area contributed by atoms with Gasteiger partial charge in [0.2, 0.25) is 0 Å². The molecule has 11 nitrogen and oxygen atoms in total. The number of rotatable bonds is 7. The van der Waals surface area contributed by atoms with E-state index in [1.54, 1.807) is 12.0 Å². The Kier molecular flexibility index (Phi) is 8.11. The fourth-order valence-corrected chi connectivity index (χ4v) is 5.75. The standard InChI is InChI=1S/C28H40N6O5/c1-28(2,3)39-27(35)32-11-12-37-21(16-32)17-34-19-9-10-20(34)15-33(14-19)24-13-23(30-31-26(24)29)22-7-5-6-8-25(22)38-18-36-4/h5-8,13,19-21H,9-12,14-18H2,1-4H3,(H2,29,31)/t19?,20?,21-/m1/s1. The number of nitrogens with two attached hydrogens (primary N) is 1. The van der Waals surface area contributed by atoms with E-state index in [0.29, 0.717) is 49.0 Å². The van der Waals surface area contributed by atoms with Crippen molar-refractivity contribution in [1.29, 1.82) is 0 Å². The number of nitrogen functional groups attached to an aromatic ring is 1. The second kappa shape index (κ2) is 11.5. The molecule has 3 aliphatic heterocycles. The molecule has 0 spiro atoms. The Bertz CT molecular complexity index is 1140. The number of fused-ring (bicyclic) bond motifs is 2. The molecule has 212 valence electrons. The summed E-state index contributed by atoms with van der Waals surface area (Å²) in [4.78, 5) is 19.3. The Balaban J connectivity index is 1.26. The summed E-state index contributed by atoms with van der Waals surface area (Å²) in [7, 11) is 1.59. The van der Waals surface area contributed by atoms with Crippen LogP contribution in [0.4, 0.5) is 16.3 Å². The highest BCUT2D eigenvalue weighted by molar-refractivity contribution is 5.74. The normalized spacial score (nSPS) is 23.6. The lowest BCUT2D eigenvalue weighted by atomic mass is 10.1. The lowest BCUT2D eigenvalue weighted by molar-refractivity contribution is -0.0579. The fourth-order valence-electron chi connectivity index (χ4n) is 5.75. The molecule has 39 heavy (non-hydrogen) atoms. The summed E-state index contributed by atoms with van der Waals surface area (Å²) in [6.07, 6.45) is 1.92. The van der Waals surface area contributed by atoms with Gasteiger partial charge in [-0.05, 0) is 51.8 Å². The molecule has 0 radical (unpaired) electrons. The first-order valence-electron chi connectivity index (χ1n) is 13.7. The summed E-state index contributed by atoms with van der Waals surface area (Å²) in [6.45, 7) is 9.93. The van der Waals surface area contributed by atoms with E-state index in [1.165, 1.54) is 0 Å². The Morgan fingerprint density at radius 2 is 1.87 bits per heavy atom. The minimum absolute atomic E-state index is 0.0382. The number of methoxy groups -OCH3 is 1. The highest BCUT2D eigenvalue weighted by Gasteiger charge is 2.42. The number of anilines is 2. The molecule has 2 N–H and O–H groups in total. The van der Waals surface area contributed by atoms with Gasteiger partial charge in [0.05, 0.1) is 30.6 Å². The number of amides is 1. The van der Waals surface area contributed by atoms with Crippen LogP contribution in [0.5, 0.6) is 5.75 Å². The highest BCUT2D eigenvalue weighted by atomic mass is 16.7. The SMILES string of the molecule is COCOc1ccccc1-c1cc(N2CC3CCC(C2)N3C[C@H]2CN(C(=O)OC(C)(C)C)CCO2)c(N)nn1. The number of piperazine rings is 1. The maximum atomic E-state index is 12.6. The first-order chi connectivity index (χ1) is 18.7. The Labute approximate surface area is 230 Å². The van der Waals surface area contributed by atoms with Crippen LogP contribution in [0.3, 0.4) is 0 Å². The molecule has 3 atom stereocenters. The minimum atomic E-state index is -0.511. The molecule has 3 aliphatic rings. The molecule has 3 fully saturated rings. The van der Waals surface area contributed by atoms with Gasteiger partial charge in [-0.15, -0.1) is 10.2 Å². The van der Waals surface area contributed by atoms with Crippen LogP contribution >= 0.6 is 0 Å². The number of ether oxygens (including phenoxy) is 4. The highest BCUT2D eigenvalue weighted by Crippen LogP contribution is 2.37. The summed E-state index contributed by atoms with van der Waals surface area (Å²) in [5, 5.41) is 8.67. The Morgan fingerprint density at radius 1 is 1.13 bits per heavy atom.